The highest BCUT2D eigenvalue weighted by molar-refractivity contribution is 6.62. The molecule has 4 nitrogen and oxygen atoms in total. The summed E-state index contributed by atoms with van der Waals surface area (Å²) in [6.45, 7) is 0. The van der Waals surface area contributed by atoms with Crippen molar-refractivity contribution in [3.05, 3.63) is 157 Å². The van der Waals surface area contributed by atoms with Gasteiger partial charge in [-0.2, -0.15) is 0 Å². The number of allylic oxidation sites excluding steroid dienone is 1. The van der Waals surface area contributed by atoms with E-state index in [1.165, 1.54) is 49.4 Å². The molecule has 6 aromatic carbocycles. The summed E-state index contributed by atoms with van der Waals surface area (Å²) in [5.41, 5.74) is 9.17. The number of fused-ring (bicyclic) bond motifs is 4. The summed E-state index contributed by atoms with van der Waals surface area (Å²) in [6, 6.07) is 44.1. The fourth-order valence-corrected chi connectivity index (χ4v) is 7.85. The molecule has 9 rings (SSSR count). The Bertz CT molecular complexity index is 2660. The van der Waals surface area contributed by atoms with Gasteiger partial charge in [-0.25, -0.2) is 4.98 Å². The van der Waals surface area contributed by atoms with E-state index in [2.05, 4.69) is 167 Å². The van der Waals surface area contributed by atoms with Crippen LogP contribution in [-0.4, -0.2) is 51.0 Å². The van der Waals surface area contributed by atoms with Gasteiger partial charge in [-0.3, -0.25) is 9.55 Å². The quantitative estimate of drug-likeness (QED) is 0.164. The predicted molar refractivity (Wildman–Crippen MR) is 228 cm³/mol. The number of hydrogen-bond donors (Lipinski definition) is 1. The largest absolute Gasteiger partial charge is 0.393 e. The fourth-order valence-electron chi connectivity index (χ4n) is 7.85. The highest BCUT2D eigenvalue weighted by atomic mass is 16.3. The molecule has 8 aromatic rings. The number of pyridine rings is 1. The average Bonchev–Trinajstić information content (AvgIpc) is 3.57. The Morgan fingerprint density at radius 3 is 1.85 bits per heavy atom. The lowest BCUT2D eigenvalue weighted by Gasteiger charge is -2.37. The van der Waals surface area contributed by atoms with Crippen molar-refractivity contribution < 1.29 is 5.11 Å². The fraction of sp³-hybridized carbons (Fsp3) is 0.0909. The topological polar surface area (TPSA) is 50.9 Å². The second kappa shape index (κ2) is 12.3. The first-order valence-corrected chi connectivity index (χ1v) is 18.2. The van der Waals surface area contributed by atoms with E-state index in [4.69, 9.17) is 4.98 Å². The van der Waals surface area contributed by atoms with Crippen LogP contribution in [0, 0.1) is 0 Å². The Morgan fingerprint density at radius 1 is 0.596 bits per heavy atom. The zero-order chi connectivity index (χ0) is 35.6. The SMILES string of the molecule is BC(B)(B)C(B)(O)c1nc2c(n1-c1ccc3cc(-c4c5ccccc5c(-c5cccc(-c6ccncc6)c5)c5ccccc45)ccc3c1)C=CCC2. The number of rotatable bonds is 6. The minimum absolute atomic E-state index is 0.405. The number of aliphatic hydroxyl groups is 1. The molecule has 0 spiro atoms. The molecule has 52 heavy (non-hydrogen) atoms. The van der Waals surface area contributed by atoms with Crippen LogP contribution < -0.4 is 0 Å². The summed E-state index contributed by atoms with van der Waals surface area (Å²) >= 11 is 0. The molecular weight excluding hydrogens is 630 g/mol. The van der Waals surface area contributed by atoms with Crippen molar-refractivity contribution in [3.63, 3.8) is 0 Å². The van der Waals surface area contributed by atoms with Gasteiger partial charge < -0.3 is 5.11 Å². The van der Waals surface area contributed by atoms with Gasteiger partial charge in [0.25, 0.3) is 0 Å². The average molecular weight is 667 g/mol. The van der Waals surface area contributed by atoms with Crippen LogP contribution in [-0.2, 0) is 11.9 Å². The number of benzene rings is 6. The summed E-state index contributed by atoms with van der Waals surface area (Å²) < 4.78 is 2.17. The zero-order valence-corrected chi connectivity index (χ0v) is 30.1. The maximum atomic E-state index is 11.9. The Hall–Kier alpha value is -5.58. The first-order chi connectivity index (χ1) is 25.2. The minimum atomic E-state index is -1.13. The lowest BCUT2D eigenvalue weighted by atomic mass is 9.32. The molecule has 0 radical (unpaired) electrons. The number of nitrogens with zero attached hydrogens (tertiary/aromatic N) is 3. The summed E-state index contributed by atoms with van der Waals surface area (Å²) in [4.78, 5) is 9.29. The Labute approximate surface area is 307 Å². The molecule has 246 valence electrons. The monoisotopic (exact) mass is 667 g/mol. The van der Waals surface area contributed by atoms with E-state index < -0.39 is 10.6 Å². The molecule has 1 unspecified atom stereocenters. The summed E-state index contributed by atoms with van der Waals surface area (Å²) in [5.74, 6) is 0.692. The van der Waals surface area contributed by atoms with Crippen LogP contribution in [0.3, 0.4) is 0 Å². The van der Waals surface area contributed by atoms with Gasteiger partial charge in [0.2, 0.25) is 0 Å². The van der Waals surface area contributed by atoms with Gasteiger partial charge in [-0.05, 0) is 121 Å². The van der Waals surface area contributed by atoms with Gasteiger partial charge in [0.1, 0.15) is 5.82 Å². The van der Waals surface area contributed by atoms with E-state index in [9.17, 15) is 5.11 Å². The number of aromatic nitrogens is 3. The highest BCUT2D eigenvalue weighted by Gasteiger charge is 2.41. The van der Waals surface area contributed by atoms with Crippen molar-refractivity contribution in [1.82, 2.24) is 14.5 Å². The van der Waals surface area contributed by atoms with Gasteiger partial charge in [0, 0.05) is 18.1 Å². The van der Waals surface area contributed by atoms with Crippen molar-refractivity contribution in [2.24, 2.45) is 0 Å². The van der Waals surface area contributed by atoms with Crippen molar-refractivity contribution in [3.8, 4) is 39.1 Å². The Kier molecular flexibility index (Phi) is 7.64. The van der Waals surface area contributed by atoms with Crippen LogP contribution in [0.4, 0.5) is 0 Å². The zero-order valence-electron chi connectivity index (χ0n) is 30.1. The van der Waals surface area contributed by atoms with Gasteiger partial charge in [0.15, 0.2) is 7.85 Å². The van der Waals surface area contributed by atoms with E-state index in [0.717, 1.165) is 46.3 Å². The summed E-state index contributed by atoms with van der Waals surface area (Å²) in [5, 5.41) is 18.7. The van der Waals surface area contributed by atoms with Crippen molar-refractivity contribution >= 4 is 69.8 Å². The summed E-state index contributed by atoms with van der Waals surface area (Å²) in [7, 11) is 8.11. The van der Waals surface area contributed by atoms with Crippen LogP contribution in [0.2, 0.25) is 5.11 Å². The Balaban J connectivity index is 1.21. The smallest absolute Gasteiger partial charge is 0.150 e. The Morgan fingerprint density at radius 2 is 1.19 bits per heavy atom. The minimum Gasteiger partial charge on any atom is -0.393 e. The lowest BCUT2D eigenvalue weighted by Crippen LogP contribution is -2.44. The van der Waals surface area contributed by atoms with Crippen LogP contribution >= 0.6 is 0 Å². The van der Waals surface area contributed by atoms with Crippen LogP contribution in [0.1, 0.15) is 23.6 Å². The first kappa shape index (κ1) is 32.3. The van der Waals surface area contributed by atoms with Crippen LogP contribution in [0.25, 0.3) is 77.5 Å². The van der Waals surface area contributed by atoms with Crippen molar-refractivity contribution in [2.45, 2.75) is 23.5 Å². The van der Waals surface area contributed by atoms with E-state index >= 15 is 0 Å². The molecule has 1 aliphatic carbocycles. The van der Waals surface area contributed by atoms with E-state index in [-0.39, 0.29) is 0 Å². The number of aryl methyl sites for hydroxylation is 1. The third kappa shape index (κ3) is 5.24. The molecular formula is C44H37B4N3O. The van der Waals surface area contributed by atoms with E-state index in [1.54, 1.807) is 0 Å². The maximum absolute atomic E-state index is 11.9. The molecule has 1 N–H and O–H groups in total. The first-order valence-electron chi connectivity index (χ1n) is 18.2. The molecule has 0 fully saturated rings. The highest BCUT2D eigenvalue weighted by Crippen LogP contribution is 2.45. The molecule has 0 aliphatic heterocycles. The number of imidazole rings is 1. The maximum Gasteiger partial charge on any atom is 0.150 e. The predicted octanol–water partition coefficient (Wildman–Crippen LogP) is 6.44. The molecule has 2 heterocycles. The molecule has 0 bridgehead atoms. The molecule has 8 heteroatoms. The number of hydrogen-bond acceptors (Lipinski definition) is 3. The molecule has 0 saturated carbocycles. The molecule has 0 amide bonds. The van der Waals surface area contributed by atoms with E-state index in [0.29, 0.717) is 5.82 Å². The van der Waals surface area contributed by atoms with E-state index in [1.807, 2.05) is 20.2 Å². The van der Waals surface area contributed by atoms with Gasteiger partial charge in [0.05, 0.1) is 40.4 Å². The summed E-state index contributed by atoms with van der Waals surface area (Å²) in [6.07, 6.45) is 9.91. The molecule has 1 atom stereocenters. The molecule has 0 saturated heterocycles. The van der Waals surface area contributed by atoms with Crippen LogP contribution in [0.5, 0.6) is 0 Å². The normalized spacial score (nSPS) is 14.1. The van der Waals surface area contributed by atoms with Crippen LogP contribution in [0.15, 0.2) is 140 Å². The third-order valence-corrected chi connectivity index (χ3v) is 11.2. The molecule has 2 aromatic heterocycles. The standard InChI is InChI=1S/C44H37B4N3O/c45-43(52,44(46,47)48)42-50-38-14-5-6-15-39(38)51(42)33-19-18-29-25-32(17-16-30(29)26-33)41-36-12-3-1-10-34(36)40(35-11-2-4-13-37(35)41)31-9-7-8-28(24-31)27-20-22-49-23-21-27/h1-4,6-13,15-26,52H,5,14,45-48H2. The lowest BCUT2D eigenvalue weighted by molar-refractivity contribution is 0.117. The van der Waals surface area contributed by atoms with Gasteiger partial charge in [-0.15, -0.1) is 0 Å². The van der Waals surface area contributed by atoms with Crippen molar-refractivity contribution in [1.29, 1.82) is 0 Å². The van der Waals surface area contributed by atoms with Gasteiger partial charge >= 0.3 is 0 Å². The molecule has 1 aliphatic rings. The van der Waals surface area contributed by atoms with Crippen molar-refractivity contribution in [2.75, 3.05) is 0 Å². The second-order valence-corrected chi connectivity index (χ2v) is 15.3. The second-order valence-electron chi connectivity index (χ2n) is 15.3. The van der Waals surface area contributed by atoms with Gasteiger partial charge in [-0.1, -0.05) is 96.1 Å². The third-order valence-electron chi connectivity index (χ3n) is 11.2.